The molecule has 0 bridgehead atoms. The van der Waals surface area contributed by atoms with Crippen molar-refractivity contribution in [2.75, 3.05) is 68.4 Å². The van der Waals surface area contributed by atoms with Gasteiger partial charge in [0, 0.05) is 99.7 Å². The van der Waals surface area contributed by atoms with E-state index in [1.807, 2.05) is 104 Å². The first-order chi connectivity index (χ1) is 52.7. The second-order valence-corrected chi connectivity index (χ2v) is 28.8. The van der Waals surface area contributed by atoms with Gasteiger partial charge in [0.1, 0.15) is 11.6 Å². The highest BCUT2D eigenvalue weighted by molar-refractivity contribution is 8.00. The monoisotopic (exact) mass is 1550 g/mol. The van der Waals surface area contributed by atoms with Crippen LogP contribution in [0.3, 0.4) is 0 Å². The molecule has 0 spiro atoms. The summed E-state index contributed by atoms with van der Waals surface area (Å²) in [6.07, 6.45) is 16.0. The van der Waals surface area contributed by atoms with Crippen LogP contribution in [0.25, 0.3) is 54.5 Å². The zero-order chi connectivity index (χ0) is 75.2. The van der Waals surface area contributed by atoms with E-state index in [2.05, 4.69) is 123 Å². The van der Waals surface area contributed by atoms with Crippen LogP contribution >= 0.6 is 58.8 Å². The Morgan fingerprint density at radius 2 is 0.722 bits per heavy atom. The van der Waals surface area contributed by atoms with E-state index in [1.54, 1.807) is 119 Å². The minimum absolute atomic E-state index is 0.0673. The number of benzene rings is 5. The van der Waals surface area contributed by atoms with Gasteiger partial charge in [-0.25, -0.2) is 24.9 Å². The van der Waals surface area contributed by atoms with E-state index in [4.69, 9.17) is 0 Å². The molecule has 108 heavy (non-hydrogen) atoms. The van der Waals surface area contributed by atoms with Crippen molar-refractivity contribution < 1.29 is 14.4 Å². The highest BCUT2D eigenvalue weighted by Gasteiger charge is 2.12. The predicted molar refractivity (Wildman–Crippen MR) is 426 cm³/mol. The number of hydrogen-bond donors (Lipinski definition) is 15. The van der Waals surface area contributed by atoms with Gasteiger partial charge < -0.3 is 25.8 Å². The fourth-order valence-electron chi connectivity index (χ4n) is 9.87. The largest absolute Gasteiger partial charge is 0.370 e. The maximum atomic E-state index is 11.8. The fourth-order valence-corrected chi connectivity index (χ4v) is 14.3. The third-order valence-electron chi connectivity index (χ3n) is 15.1. The molecule has 0 saturated carbocycles. The van der Waals surface area contributed by atoms with Crippen molar-refractivity contribution in [1.29, 1.82) is 0 Å². The average Bonchev–Trinajstić information content (AvgIpc) is 1.70. The molecule has 38 heteroatoms. The number of fused-ring (bicyclic) bond motifs is 5. The Bertz CT molecular complexity index is 5430. The van der Waals surface area contributed by atoms with Crippen LogP contribution in [0.1, 0.15) is 32.1 Å². The molecule has 0 saturated heterocycles. The van der Waals surface area contributed by atoms with E-state index in [0.717, 1.165) is 95.3 Å². The molecule has 33 nitrogen and oxygen atoms in total. The van der Waals surface area contributed by atoms with Crippen molar-refractivity contribution in [2.45, 2.75) is 56.6 Å². The molecule has 0 aliphatic heterocycles. The first kappa shape index (κ1) is 76.9. The molecule has 0 unspecified atom stereocenters. The van der Waals surface area contributed by atoms with Gasteiger partial charge in [-0.2, -0.15) is 10.2 Å². The van der Waals surface area contributed by atoms with E-state index < -0.39 is 0 Å². The molecule has 0 atom stereocenters. The lowest BCUT2D eigenvalue weighted by atomic mass is 10.2. The molecule has 0 radical (unpaired) electrons. The zero-order valence-corrected chi connectivity index (χ0v) is 61.6. The summed E-state index contributed by atoms with van der Waals surface area (Å²) >= 11 is 8.19. The fraction of sp³-hybridized carbons (Fsp3) is 0.186. The summed E-state index contributed by atoms with van der Waals surface area (Å²) in [5.74, 6) is 6.36. The van der Waals surface area contributed by atoms with Crippen LogP contribution in [-0.4, -0.2) is 160 Å². The summed E-state index contributed by atoms with van der Waals surface area (Å²) in [6.45, 7) is 1.69. The Morgan fingerprint density at radius 3 is 1.08 bits per heavy atom. The van der Waals surface area contributed by atoms with E-state index in [1.165, 1.54) is 24.2 Å². The number of aromatic amines is 10. The molecule has 10 aromatic heterocycles. The molecule has 0 aliphatic carbocycles. The molecule has 15 N–H and O–H groups in total. The van der Waals surface area contributed by atoms with Crippen LogP contribution in [0.4, 0.5) is 29.4 Å². The van der Waals surface area contributed by atoms with Crippen LogP contribution in [0.15, 0.2) is 226 Å². The van der Waals surface area contributed by atoms with E-state index in [0.29, 0.717) is 81.0 Å². The van der Waals surface area contributed by atoms with Crippen LogP contribution in [0, 0.1) is 0 Å². The van der Waals surface area contributed by atoms with Gasteiger partial charge in [-0.05, 0) is 140 Å². The smallest absolute Gasteiger partial charge is 0.271 e. The Balaban J connectivity index is 0.000000134. The Labute approximate surface area is 632 Å². The summed E-state index contributed by atoms with van der Waals surface area (Å²) in [7, 11) is 1.85. The molecular weight excluding hydrogens is 1480 g/mol. The molecule has 0 aliphatic rings. The number of thioether (sulfide) groups is 5. The maximum absolute atomic E-state index is 11.8. The Morgan fingerprint density at radius 1 is 0.361 bits per heavy atom. The number of carbonyl (C=O) groups excluding carboxylic acids is 3. The molecule has 554 valence electrons. The van der Waals surface area contributed by atoms with Crippen LogP contribution in [-0.2, 0) is 21.4 Å². The Hall–Kier alpha value is -12.3. The van der Waals surface area contributed by atoms with Gasteiger partial charge in [0.05, 0.1) is 85.6 Å². The van der Waals surface area contributed by atoms with Crippen molar-refractivity contribution in [3.8, 4) is 0 Å². The number of carbonyl (C=O) groups is 3. The van der Waals surface area contributed by atoms with Gasteiger partial charge >= 0.3 is 0 Å². The van der Waals surface area contributed by atoms with Crippen molar-refractivity contribution in [1.82, 2.24) is 101 Å². The van der Waals surface area contributed by atoms with Crippen molar-refractivity contribution in [3.63, 3.8) is 0 Å². The minimum Gasteiger partial charge on any atom is -0.370 e. The van der Waals surface area contributed by atoms with Crippen LogP contribution in [0.5, 0.6) is 0 Å². The summed E-state index contributed by atoms with van der Waals surface area (Å²) in [5, 5.41) is 59.7. The highest BCUT2D eigenvalue weighted by Crippen LogP contribution is 2.27. The third kappa shape index (κ3) is 23.6. The summed E-state index contributed by atoms with van der Waals surface area (Å²) in [6, 6.07) is 39.5. The SMILES string of the molecule is Cn1cnc(NC(=O)CCSc2ccc3c(=O)[nH][nH]c3c2)c1.O=C(CCSc1ccc2c(=O)[nH][nH]c2c1)Nc1ccccn1.O=C(CCSc1ccc2c(=O)[nH][nH]c2c1)Nc1nccnn1.O=c1[nH][nH]c2cc(SCCCNc3ccccn3)ccc12.O=c1[nH][nH]c2cc(SCCCNc3nccnn3)ccc12. The number of rotatable bonds is 27. The molecule has 15 aromatic rings. The van der Waals surface area contributed by atoms with Gasteiger partial charge in [0.25, 0.3) is 27.8 Å². The molecule has 0 fully saturated rings. The second kappa shape index (κ2) is 39.7. The molecule has 5 aromatic carbocycles. The number of H-pyrrole nitrogens is 10. The molecule has 3 amide bonds. The summed E-state index contributed by atoms with van der Waals surface area (Å²) in [5.41, 5.74) is 3.46. The maximum Gasteiger partial charge on any atom is 0.271 e. The first-order valence-electron chi connectivity index (χ1n) is 33.3. The van der Waals surface area contributed by atoms with Crippen molar-refractivity contribution in [2.24, 2.45) is 7.05 Å². The summed E-state index contributed by atoms with van der Waals surface area (Å²) in [4.78, 5) is 118. The average molecular weight is 1550 g/mol. The van der Waals surface area contributed by atoms with E-state index >= 15 is 0 Å². The highest BCUT2D eigenvalue weighted by atomic mass is 32.2. The minimum atomic E-state index is -0.170. The lowest BCUT2D eigenvalue weighted by Gasteiger charge is -2.05. The zero-order valence-electron chi connectivity index (χ0n) is 57.5. The van der Waals surface area contributed by atoms with Gasteiger partial charge in [-0.3, -0.25) is 94.7 Å². The number of pyridine rings is 2. The van der Waals surface area contributed by atoms with Crippen LogP contribution < -0.4 is 54.4 Å². The second-order valence-electron chi connectivity index (χ2n) is 22.9. The lowest BCUT2D eigenvalue weighted by molar-refractivity contribution is -0.116. The number of aryl methyl sites for hydroxylation is 1. The van der Waals surface area contributed by atoms with E-state index in [-0.39, 0.29) is 51.5 Å². The quantitative estimate of drug-likeness (QED) is 0.0168. The topological polar surface area (TPSA) is 476 Å². The molecule has 10 heterocycles. The molecular formula is C70H71N25O8S5. The molecule has 15 rings (SSSR count). The number of nitrogens with zero attached hydrogens (tertiary/aromatic N) is 10. The van der Waals surface area contributed by atoms with Gasteiger partial charge in [-0.1, -0.05) is 12.1 Å². The van der Waals surface area contributed by atoms with Gasteiger partial charge in [-0.15, -0.1) is 69.0 Å². The number of hydrogen-bond acceptors (Lipinski definition) is 24. The van der Waals surface area contributed by atoms with E-state index in [9.17, 15) is 38.4 Å². The number of imidazole rings is 1. The van der Waals surface area contributed by atoms with Gasteiger partial charge in [0.15, 0.2) is 5.82 Å². The number of nitrogens with one attached hydrogen (secondary N) is 15. The van der Waals surface area contributed by atoms with Crippen LogP contribution in [0.2, 0.25) is 0 Å². The Kier molecular flexibility index (Phi) is 28.3. The normalized spacial score (nSPS) is 10.8. The van der Waals surface area contributed by atoms with Crippen molar-refractivity contribution >= 4 is 160 Å². The van der Waals surface area contributed by atoms with Gasteiger partial charge in [0.2, 0.25) is 29.6 Å². The van der Waals surface area contributed by atoms with Crippen molar-refractivity contribution in [3.05, 3.63) is 229 Å². The number of amides is 3. The first-order valence-corrected chi connectivity index (χ1v) is 38.3. The third-order valence-corrected chi connectivity index (χ3v) is 20.2. The predicted octanol–water partition coefficient (Wildman–Crippen LogP) is 9.73. The number of aromatic nitrogens is 20. The lowest BCUT2D eigenvalue weighted by Crippen LogP contribution is -2.14. The summed E-state index contributed by atoms with van der Waals surface area (Å²) < 4.78 is 1.78. The number of anilines is 5. The standard InChI is InChI=1S/C15H14N4O2S.C15H16N4OS.C14H15N5O2S.C13H12N6O2S.C13H14N6OS/c20-14(17-13-3-1-2-7-16-13)6-8-22-10-4-5-11-12(9-10)18-19-15(11)21;20-15-12-6-5-11(10-13(12)18-19-15)21-9-3-8-17-14-4-1-2-7-16-14;1-19-7-12(15-8-19)16-13(20)4-5-22-9-2-3-10-11(6-9)17-18-14(10)21;20-11(16-13-14-4-5-15-19-13)3-6-22-8-1-2-9-10(7-8)17-18-12(9)21;20-12-10-3-2-9(8-11(10)17-18-12)21-7-1-4-14-13-15-5-6-16-19-13/h1-5,7,9H,6,8H2,(H,16,17,20)(H2,18,19,21);1-2,4-7,10H,3,8-9H2,(H,16,17)(H2,18,19,20);2-3,6-8H,4-5H2,1H3,(H,16,20)(H2,17,18,21);1-2,4-5,7H,3,6H2,(H2,17,18,21)(H,14,16,19,20);2-3,5-6,8H,1,4,7H2,(H,14,15,19)(H2,17,18,20).